The maximum absolute atomic E-state index is 13.0. The Labute approximate surface area is 173 Å². The van der Waals surface area contributed by atoms with Gasteiger partial charge in [-0.3, -0.25) is 4.79 Å². The van der Waals surface area contributed by atoms with E-state index in [-0.39, 0.29) is 35.4 Å². The summed E-state index contributed by atoms with van der Waals surface area (Å²) in [7, 11) is -2.61. The number of benzene rings is 1. The number of amides is 1. The van der Waals surface area contributed by atoms with Gasteiger partial charge >= 0.3 is 5.97 Å². The number of rotatable bonds is 9. The molecule has 8 nitrogen and oxygen atoms in total. The topological polar surface area (TPSA) is 97.2 Å². The van der Waals surface area contributed by atoms with Crippen LogP contribution in [0.2, 0.25) is 0 Å². The van der Waals surface area contributed by atoms with Crippen LogP contribution in [0.3, 0.4) is 0 Å². The number of esters is 1. The Bertz CT molecular complexity index is 800. The van der Waals surface area contributed by atoms with Crippen LogP contribution in [0.25, 0.3) is 0 Å². The van der Waals surface area contributed by atoms with Gasteiger partial charge in [-0.1, -0.05) is 12.1 Å². The number of quaternary nitrogens is 1. The van der Waals surface area contributed by atoms with Crippen LogP contribution in [0.4, 0.5) is 0 Å². The number of nitrogens with one attached hydrogen (secondary N) is 2. The number of sulfonamides is 1. The zero-order chi connectivity index (χ0) is 21.4. The van der Waals surface area contributed by atoms with E-state index in [1.54, 1.807) is 12.1 Å². The van der Waals surface area contributed by atoms with E-state index in [1.807, 2.05) is 0 Å². The SMILES string of the molecule is CC[NH+](CC)CCNC(=O)C1CCN(S(=O)(=O)c2ccccc2C(=O)OC)CC1. The third-order valence-corrected chi connectivity index (χ3v) is 7.47. The molecule has 1 saturated heterocycles. The summed E-state index contributed by atoms with van der Waals surface area (Å²) < 4.78 is 32.1. The molecule has 9 heteroatoms. The average molecular weight is 427 g/mol. The fourth-order valence-corrected chi connectivity index (χ4v) is 5.23. The highest BCUT2D eigenvalue weighted by Crippen LogP contribution is 2.26. The largest absolute Gasteiger partial charge is 0.465 e. The van der Waals surface area contributed by atoms with Gasteiger partial charge in [0.05, 0.1) is 43.7 Å². The number of carbonyl (C=O) groups is 2. The molecule has 1 fully saturated rings. The number of methoxy groups -OCH3 is 1. The number of ether oxygens (including phenoxy) is 1. The highest BCUT2D eigenvalue weighted by Gasteiger charge is 2.34. The van der Waals surface area contributed by atoms with Crippen molar-refractivity contribution < 1.29 is 27.6 Å². The van der Waals surface area contributed by atoms with Gasteiger partial charge in [-0.05, 0) is 38.8 Å². The minimum Gasteiger partial charge on any atom is -0.465 e. The number of hydrogen-bond acceptors (Lipinski definition) is 5. The van der Waals surface area contributed by atoms with Crippen LogP contribution in [-0.2, 0) is 19.6 Å². The maximum atomic E-state index is 13.0. The van der Waals surface area contributed by atoms with E-state index >= 15 is 0 Å². The molecular weight excluding hydrogens is 394 g/mol. The van der Waals surface area contributed by atoms with Gasteiger partial charge in [0.15, 0.2) is 0 Å². The van der Waals surface area contributed by atoms with Gasteiger partial charge in [0, 0.05) is 19.0 Å². The van der Waals surface area contributed by atoms with Gasteiger partial charge in [0.2, 0.25) is 15.9 Å². The standard InChI is InChI=1S/C20H31N3O5S/c1-4-22(5-2)15-12-21-19(24)16-10-13-23(14-11-16)29(26,27)18-9-7-6-8-17(18)20(25)28-3/h6-9,16H,4-5,10-15H2,1-3H3,(H,21,24)/p+1. The van der Waals surface area contributed by atoms with Crippen molar-refractivity contribution in [2.24, 2.45) is 5.92 Å². The van der Waals surface area contributed by atoms with E-state index < -0.39 is 16.0 Å². The Kier molecular flexibility index (Phi) is 8.60. The fraction of sp³-hybridized carbons (Fsp3) is 0.600. The molecule has 1 amide bonds. The molecule has 0 bridgehead atoms. The van der Waals surface area contributed by atoms with Crippen molar-refractivity contribution in [3.63, 3.8) is 0 Å². The first kappa shape index (κ1) is 23.3. The molecule has 0 aliphatic carbocycles. The zero-order valence-corrected chi connectivity index (χ0v) is 18.3. The summed E-state index contributed by atoms with van der Waals surface area (Å²) in [5.41, 5.74) is 0.0220. The summed E-state index contributed by atoms with van der Waals surface area (Å²) in [5, 5.41) is 2.98. The van der Waals surface area contributed by atoms with Gasteiger partial charge in [0.1, 0.15) is 0 Å². The summed E-state index contributed by atoms with van der Waals surface area (Å²) in [6.07, 6.45) is 0.924. The number of likely N-dealkylation sites (N-methyl/N-ethyl adjacent to an activating group) is 1. The normalized spacial score (nSPS) is 16.0. The molecule has 0 radical (unpaired) electrons. The van der Waals surface area contributed by atoms with Gasteiger partial charge in [-0.2, -0.15) is 4.31 Å². The van der Waals surface area contributed by atoms with E-state index in [0.717, 1.165) is 19.6 Å². The van der Waals surface area contributed by atoms with E-state index in [0.29, 0.717) is 19.4 Å². The molecule has 0 spiro atoms. The number of carbonyl (C=O) groups excluding carboxylic acids is 2. The third-order valence-electron chi connectivity index (χ3n) is 5.51. The van der Waals surface area contributed by atoms with E-state index in [4.69, 9.17) is 4.74 Å². The quantitative estimate of drug-likeness (QED) is 0.538. The lowest BCUT2D eigenvalue weighted by molar-refractivity contribution is -0.895. The molecule has 1 aromatic rings. The van der Waals surface area contributed by atoms with Crippen LogP contribution in [-0.4, -0.2) is 71.0 Å². The Hall–Kier alpha value is -1.97. The molecule has 29 heavy (non-hydrogen) atoms. The molecule has 1 aliphatic heterocycles. The Morgan fingerprint density at radius 3 is 2.38 bits per heavy atom. The van der Waals surface area contributed by atoms with Crippen LogP contribution in [0.5, 0.6) is 0 Å². The lowest BCUT2D eigenvalue weighted by atomic mass is 9.97. The van der Waals surface area contributed by atoms with E-state index in [1.165, 1.54) is 28.4 Å². The second-order valence-electron chi connectivity index (χ2n) is 7.16. The molecule has 1 aromatic carbocycles. The summed E-state index contributed by atoms with van der Waals surface area (Å²) in [6.45, 7) is 8.29. The average Bonchev–Trinajstić information content (AvgIpc) is 2.76. The van der Waals surface area contributed by atoms with Crippen LogP contribution >= 0.6 is 0 Å². The van der Waals surface area contributed by atoms with Crippen molar-refractivity contribution in [3.8, 4) is 0 Å². The Morgan fingerprint density at radius 2 is 1.79 bits per heavy atom. The van der Waals surface area contributed by atoms with Crippen LogP contribution in [0, 0.1) is 5.92 Å². The van der Waals surface area contributed by atoms with Crippen LogP contribution in [0.15, 0.2) is 29.2 Å². The molecule has 1 aliphatic rings. The third kappa shape index (κ3) is 5.77. The second-order valence-corrected chi connectivity index (χ2v) is 9.07. The van der Waals surface area contributed by atoms with E-state index in [2.05, 4.69) is 19.2 Å². The fourth-order valence-electron chi connectivity index (χ4n) is 3.58. The Balaban J connectivity index is 1.97. The minimum absolute atomic E-state index is 0.0106. The number of nitrogens with zero attached hydrogens (tertiary/aromatic N) is 1. The first-order valence-corrected chi connectivity index (χ1v) is 11.6. The van der Waals surface area contributed by atoms with Gasteiger partial charge in [0.25, 0.3) is 0 Å². The van der Waals surface area contributed by atoms with Crippen molar-refractivity contribution in [1.82, 2.24) is 9.62 Å². The van der Waals surface area contributed by atoms with Gasteiger partial charge in [-0.25, -0.2) is 13.2 Å². The summed E-state index contributed by atoms with van der Waals surface area (Å²) in [5.74, 6) is -0.888. The van der Waals surface area contributed by atoms with Crippen molar-refractivity contribution in [3.05, 3.63) is 29.8 Å². The molecule has 1 heterocycles. The first-order chi connectivity index (χ1) is 13.8. The lowest BCUT2D eigenvalue weighted by Crippen LogP contribution is -3.12. The molecule has 0 saturated carbocycles. The maximum Gasteiger partial charge on any atom is 0.339 e. The lowest BCUT2D eigenvalue weighted by Gasteiger charge is -2.31. The second kappa shape index (κ2) is 10.7. The first-order valence-electron chi connectivity index (χ1n) is 10.1. The van der Waals surface area contributed by atoms with E-state index in [9.17, 15) is 18.0 Å². The number of hydrogen-bond donors (Lipinski definition) is 2. The summed E-state index contributed by atoms with van der Waals surface area (Å²) in [6, 6.07) is 6.03. The molecule has 0 unspecified atom stereocenters. The Morgan fingerprint density at radius 1 is 1.17 bits per heavy atom. The zero-order valence-electron chi connectivity index (χ0n) is 17.4. The molecule has 0 atom stereocenters. The van der Waals surface area contributed by atoms with Crippen LogP contribution < -0.4 is 10.2 Å². The van der Waals surface area contributed by atoms with Crippen LogP contribution in [0.1, 0.15) is 37.0 Å². The minimum atomic E-state index is -3.83. The monoisotopic (exact) mass is 426 g/mol. The number of piperidine rings is 1. The molecule has 2 N–H and O–H groups in total. The molecule has 162 valence electrons. The van der Waals surface area contributed by atoms with Gasteiger partial charge < -0.3 is 15.0 Å². The van der Waals surface area contributed by atoms with Crippen molar-refractivity contribution >= 4 is 21.9 Å². The molecular formula is C20H32N3O5S+. The highest BCUT2D eigenvalue weighted by atomic mass is 32.2. The van der Waals surface area contributed by atoms with Crippen molar-refractivity contribution in [1.29, 1.82) is 0 Å². The smallest absolute Gasteiger partial charge is 0.339 e. The molecule has 0 aromatic heterocycles. The van der Waals surface area contributed by atoms with Crippen molar-refractivity contribution in [2.45, 2.75) is 31.6 Å². The predicted octanol–water partition coefficient (Wildman–Crippen LogP) is -0.0852. The highest BCUT2D eigenvalue weighted by molar-refractivity contribution is 7.89. The van der Waals surface area contributed by atoms with Crippen molar-refractivity contribution in [2.75, 3.05) is 46.4 Å². The van der Waals surface area contributed by atoms with Gasteiger partial charge in [-0.15, -0.1) is 0 Å². The molecule has 2 rings (SSSR count). The summed E-state index contributed by atoms with van der Waals surface area (Å²) >= 11 is 0. The summed E-state index contributed by atoms with van der Waals surface area (Å²) in [4.78, 5) is 25.7. The predicted molar refractivity (Wildman–Crippen MR) is 109 cm³/mol.